The minimum atomic E-state index is -0.210. The third-order valence-electron chi connectivity index (χ3n) is 5.56. The van der Waals surface area contributed by atoms with Crippen LogP contribution < -0.4 is 10.2 Å². The molecule has 2 aromatic rings. The topological polar surface area (TPSA) is 87.9 Å². The van der Waals surface area contributed by atoms with Gasteiger partial charge < -0.3 is 24.3 Å². The van der Waals surface area contributed by atoms with Gasteiger partial charge in [0.1, 0.15) is 11.6 Å². The molecule has 0 radical (unpaired) electrons. The lowest BCUT2D eigenvalue weighted by molar-refractivity contribution is -0.117. The highest BCUT2D eigenvalue weighted by molar-refractivity contribution is 6.04. The summed E-state index contributed by atoms with van der Waals surface area (Å²) < 4.78 is 10.8. The number of anilines is 2. The largest absolute Gasteiger partial charge is 0.467 e. The number of hydrogen-bond donors (Lipinski definition) is 1. The van der Waals surface area contributed by atoms with Crippen molar-refractivity contribution < 1.29 is 18.7 Å². The summed E-state index contributed by atoms with van der Waals surface area (Å²) in [7, 11) is 0. The van der Waals surface area contributed by atoms with Crippen molar-refractivity contribution in [2.24, 2.45) is 5.92 Å². The molecule has 2 amide bonds. The zero-order chi connectivity index (χ0) is 21.6. The van der Waals surface area contributed by atoms with Crippen molar-refractivity contribution in [1.29, 1.82) is 0 Å². The molecule has 4 heterocycles. The molecule has 2 aromatic heterocycles. The van der Waals surface area contributed by atoms with Gasteiger partial charge in [-0.2, -0.15) is 0 Å². The number of hydrogen-bond acceptors (Lipinski definition) is 6. The monoisotopic (exact) mass is 422 g/mol. The number of amides is 2. The van der Waals surface area contributed by atoms with Gasteiger partial charge in [0.15, 0.2) is 0 Å². The van der Waals surface area contributed by atoms with E-state index in [4.69, 9.17) is 9.15 Å². The van der Waals surface area contributed by atoms with Gasteiger partial charge in [0.25, 0.3) is 5.91 Å². The van der Waals surface area contributed by atoms with E-state index < -0.39 is 0 Å². The van der Waals surface area contributed by atoms with Gasteiger partial charge in [-0.3, -0.25) is 9.59 Å². The Labute approximate surface area is 181 Å². The first-order valence-electron chi connectivity index (χ1n) is 10.5. The third kappa shape index (κ3) is 4.89. The first kappa shape index (κ1) is 20.9. The fourth-order valence-electron chi connectivity index (χ4n) is 3.84. The van der Waals surface area contributed by atoms with Crippen LogP contribution in [-0.2, 0) is 16.1 Å². The van der Waals surface area contributed by atoms with Crippen LogP contribution in [0.1, 0.15) is 35.9 Å². The van der Waals surface area contributed by atoms with Crippen LogP contribution in [0.25, 0.3) is 0 Å². The average molecular weight is 422 g/mol. The van der Waals surface area contributed by atoms with E-state index in [1.165, 1.54) is 0 Å². The highest BCUT2D eigenvalue weighted by Crippen LogP contribution is 2.31. The van der Waals surface area contributed by atoms with Gasteiger partial charge in [-0.25, -0.2) is 4.98 Å². The SMILES string of the molecule is CC#CCN(Cc1ccco1)C(=O)c1cnc2c(c1)N(CC1CCOCC1)C(=O)CN2. The first-order chi connectivity index (χ1) is 15.2. The predicted molar refractivity (Wildman–Crippen MR) is 116 cm³/mol. The molecule has 0 unspecified atom stereocenters. The molecule has 31 heavy (non-hydrogen) atoms. The zero-order valence-electron chi connectivity index (χ0n) is 17.6. The molecule has 8 nitrogen and oxygen atoms in total. The summed E-state index contributed by atoms with van der Waals surface area (Å²) in [5, 5.41) is 3.06. The second kappa shape index (κ2) is 9.67. The van der Waals surface area contributed by atoms with Gasteiger partial charge in [0.05, 0.1) is 37.1 Å². The molecule has 1 N–H and O–H groups in total. The van der Waals surface area contributed by atoms with E-state index in [1.807, 2.05) is 6.07 Å². The summed E-state index contributed by atoms with van der Waals surface area (Å²) >= 11 is 0. The number of carbonyl (C=O) groups excluding carboxylic acids is 2. The van der Waals surface area contributed by atoms with Crippen LogP contribution in [-0.4, -0.2) is 54.5 Å². The van der Waals surface area contributed by atoms with Crippen LogP contribution in [0, 0.1) is 17.8 Å². The summed E-state index contributed by atoms with van der Waals surface area (Å²) in [5.41, 5.74) is 1.06. The van der Waals surface area contributed by atoms with Gasteiger partial charge in [0, 0.05) is 26.0 Å². The number of fused-ring (bicyclic) bond motifs is 1. The maximum Gasteiger partial charge on any atom is 0.256 e. The van der Waals surface area contributed by atoms with E-state index in [0.29, 0.717) is 41.8 Å². The normalized spacial score (nSPS) is 16.2. The molecule has 0 aromatic carbocycles. The molecule has 8 heteroatoms. The molecular weight excluding hydrogens is 396 g/mol. The maximum absolute atomic E-state index is 13.3. The Bertz CT molecular complexity index is 987. The van der Waals surface area contributed by atoms with E-state index in [-0.39, 0.29) is 24.9 Å². The molecule has 4 rings (SSSR count). The van der Waals surface area contributed by atoms with Crippen molar-refractivity contribution in [3.8, 4) is 11.8 Å². The van der Waals surface area contributed by atoms with Gasteiger partial charge >= 0.3 is 0 Å². The van der Waals surface area contributed by atoms with E-state index in [0.717, 1.165) is 26.1 Å². The van der Waals surface area contributed by atoms with E-state index in [2.05, 4.69) is 22.1 Å². The lowest BCUT2D eigenvalue weighted by Gasteiger charge is -2.34. The molecule has 0 spiro atoms. The van der Waals surface area contributed by atoms with Gasteiger partial charge in [-0.15, -0.1) is 5.92 Å². The summed E-state index contributed by atoms with van der Waals surface area (Å²) in [6.45, 7) is 4.56. The van der Waals surface area contributed by atoms with Crippen LogP contribution in [0.2, 0.25) is 0 Å². The molecule has 0 saturated carbocycles. The molecule has 162 valence electrons. The summed E-state index contributed by atoms with van der Waals surface area (Å²) in [6.07, 6.45) is 4.97. The van der Waals surface area contributed by atoms with Crippen molar-refractivity contribution in [3.63, 3.8) is 0 Å². The molecule has 1 fully saturated rings. The Morgan fingerprint density at radius 1 is 1.39 bits per heavy atom. The van der Waals surface area contributed by atoms with Crippen LogP contribution in [0.4, 0.5) is 11.5 Å². The average Bonchev–Trinajstić information content (AvgIpc) is 3.32. The number of ether oxygens (including phenoxy) is 1. The quantitative estimate of drug-likeness (QED) is 0.720. The summed E-state index contributed by atoms with van der Waals surface area (Å²) in [6, 6.07) is 5.36. The number of nitrogens with one attached hydrogen (secondary N) is 1. The molecule has 0 atom stereocenters. The van der Waals surface area contributed by atoms with Crippen molar-refractivity contribution in [2.75, 3.05) is 43.1 Å². The third-order valence-corrected chi connectivity index (χ3v) is 5.56. The lowest BCUT2D eigenvalue weighted by atomic mass is 9.99. The van der Waals surface area contributed by atoms with Crippen molar-refractivity contribution in [2.45, 2.75) is 26.3 Å². The number of nitrogens with zero attached hydrogens (tertiary/aromatic N) is 3. The molecular formula is C23H26N4O4. The second-order valence-corrected chi connectivity index (χ2v) is 7.67. The van der Waals surface area contributed by atoms with Crippen molar-refractivity contribution >= 4 is 23.3 Å². The Kier molecular flexibility index (Phi) is 6.53. The lowest BCUT2D eigenvalue weighted by Crippen LogP contribution is -2.44. The minimum absolute atomic E-state index is 0.0188. The standard InChI is InChI=1S/C23H26N4O4/c1-2-3-8-26(16-19-5-4-9-31-19)23(29)18-12-20-22(24-13-18)25-14-21(28)27(20)15-17-6-10-30-11-7-17/h4-5,9,12-13,17H,6-8,10-11,14-16H2,1H3,(H,24,25). The van der Waals surface area contributed by atoms with E-state index in [9.17, 15) is 9.59 Å². The molecule has 0 aliphatic carbocycles. The highest BCUT2D eigenvalue weighted by atomic mass is 16.5. The number of carbonyl (C=O) groups is 2. The Hall–Kier alpha value is -3.31. The predicted octanol–water partition coefficient (Wildman–Crippen LogP) is 2.53. The zero-order valence-corrected chi connectivity index (χ0v) is 17.6. The Balaban J connectivity index is 1.58. The molecule has 1 saturated heterocycles. The molecule has 2 aliphatic heterocycles. The summed E-state index contributed by atoms with van der Waals surface area (Å²) in [5.74, 6) is 7.22. The first-order valence-corrected chi connectivity index (χ1v) is 10.5. The second-order valence-electron chi connectivity index (χ2n) is 7.67. The Morgan fingerprint density at radius 2 is 2.23 bits per heavy atom. The fourth-order valence-corrected chi connectivity index (χ4v) is 3.84. The van der Waals surface area contributed by atoms with Crippen LogP contribution in [0.5, 0.6) is 0 Å². The van der Waals surface area contributed by atoms with Gasteiger partial charge in [-0.1, -0.05) is 5.92 Å². The Morgan fingerprint density at radius 3 is 2.97 bits per heavy atom. The fraction of sp³-hybridized carbons (Fsp3) is 0.435. The van der Waals surface area contributed by atoms with Crippen molar-refractivity contribution in [3.05, 3.63) is 42.0 Å². The van der Waals surface area contributed by atoms with Crippen LogP contribution in [0.3, 0.4) is 0 Å². The van der Waals surface area contributed by atoms with Gasteiger partial charge in [0.2, 0.25) is 5.91 Å². The molecule has 2 aliphatic rings. The highest BCUT2D eigenvalue weighted by Gasteiger charge is 2.29. The van der Waals surface area contributed by atoms with Crippen LogP contribution in [0.15, 0.2) is 35.1 Å². The summed E-state index contributed by atoms with van der Waals surface area (Å²) in [4.78, 5) is 33.8. The number of pyridine rings is 1. The van der Waals surface area contributed by atoms with Gasteiger partial charge in [-0.05, 0) is 43.9 Å². The molecule has 0 bridgehead atoms. The van der Waals surface area contributed by atoms with Crippen molar-refractivity contribution in [1.82, 2.24) is 9.88 Å². The van der Waals surface area contributed by atoms with E-state index >= 15 is 0 Å². The number of rotatable bonds is 6. The minimum Gasteiger partial charge on any atom is -0.467 e. The smallest absolute Gasteiger partial charge is 0.256 e. The van der Waals surface area contributed by atoms with E-state index in [1.54, 1.807) is 41.3 Å². The maximum atomic E-state index is 13.3. The number of aromatic nitrogens is 1. The van der Waals surface area contributed by atoms with Crippen LogP contribution >= 0.6 is 0 Å². The number of furan rings is 1.